The summed E-state index contributed by atoms with van der Waals surface area (Å²) in [5.74, 6) is -0.335. The molecule has 1 saturated carbocycles. The van der Waals surface area contributed by atoms with E-state index in [0.29, 0.717) is 6.54 Å². The smallest absolute Gasteiger partial charge is 0.244 e. The summed E-state index contributed by atoms with van der Waals surface area (Å²) in [7, 11) is 5.48. The number of aliphatic hydroxyl groups is 1. The Bertz CT molecular complexity index is 524. The fourth-order valence-corrected chi connectivity index (χ4v) is 3.59. The van der Waals surface area contributed by atoms with Crippen molar-refractivity contribution in [3.63, 3.8) is 0 Å². The fourth-order valence-electron chi connectivity index (χ4n) is 3.59. The van der Waals surface area contributed by atoms with Gasteiger partial charge in [-0.2, -0.15) is 0 Å². The van der Waals surface area contributed by atoms with Gasteiger partial charge in [-0.25, -0.2) is 4.39 Å². The van der Waals surface area contributed by atoms with Gasteiger partial charge in [0.25, 0.3) is 0 Å². The zero-order valence-electron chi connectivity index (χ0n) is 14.3. The van der Waals surface area contributed by atoms with Crippen LogP contribution in [0.25, 0.3) is 0 Å². The molecule has 1 fully saturated rings. The average molecular weight is 322 g/mol. The van der Waals surface area contributed by atoms with Crippen LogP contribution >= 0.6 is 0 Å². The zero-order valence-corrected chi connectivity index (χ0v) is 14.3. The Morgan fingerprint density at radius 2 is 1.78 bits per heavy atom. The summed E-state index contributed by atoms with van der Waals surface area (Å²) >= 11 is 0. The van der Waals surface area contributed by atoms with Crippen LogP contribution in [-0.2, 0) is 4.79 Å². The third-order valence-electron chi connectivity index (χ3n) is 4.88. The SMILES string of the molecule is CN(CC1(CO)CCCC1)C(=O)C(c1ccc(F)cc1)N(C)C. The molecule has 0 saturated heterocycles. The van der Waals surface area contributed by atoms with E-state index in [0.717, 1.165) is 31.2 Å². The van der Waals surface area contributed by atoms with Crippen LogP contribution in [0.2, 0.25) is 0 Å². The van der Waals surface area contributed by atoms with Crippen LogP contribution in [0.15, 0.2) is 24.3 Å². The van der Waals surface area contributed by atoms with Crippen LogP contribution in [0, 0.1) is 11.2 Å². The molecule has 4 nitrogen and oxygen atoms in total. The molecular formula is C18H27FN2O2. The standard InChI is InChI=1S/C18H27FN2O2/c1-20(2)16(14-6-8-15(19)9-7-14)17(23)21(3)12-18(13-22)10-4-5-11-18/h6-9,16,22H,4-5,10-13H2,1-3H3. The highest BCUT2D eigenvalue weighted by Crippen LogP contribution is 2.38. The molecule has 1 unspecified atom stereocenters. The normalized spacial score (nSPS) is 18.2. The highest BCUT2D eigenvalue weighted by Gasteiger charge is 2.37. The third kappa shape index (κ3) is 4.09. The van der Waals surface area contributed by atoms with E-state index in [1.54, 1.807) is 24.1 Å². The van der Waals surface area contributed by atoms with Crippen molar-refractivity contribution in [3.8, 4) is 0 Å². The monoisotopic (exact) mass is 322 g/mol. The van der Waals surface area contributed by atoms with E-state index in [4.69, 9.17) is 0 Å². The molecule has 1 N–H and O–H groups in total. The maximum absolute atomic E-state index is 13.1. The van der Waals surface area contributed by atoms with Crippen molar-refractivity contribution in [3.05, 3.63) is 35.6 Å². The van der Waals surface area contributed by atoms with Gasteiger partial charge in [-0.1, -0.05) is 25.0 Å². The van der Waals surface area contributed by atoms with Crippen molar-refractivity contribution in [2.45, 2.75) is 31.7 Å². The number of likely N-dealkylation sites (N-methyl/N-ethyl adjacent to an activating group) is 2. The van der Waals surface area contributed by atoms with Crippen LogP contribution in [0.5, 0.6) is 0 Å². The number of amides is 1. The molecule has 128 valence electrons. The summed E-state index contributed by atoms with van der Waals surface area (Å²) in [6.07, 6.45) is 4.14. The molecule has 0 bridgehead atoms. The van der Waals surface area contributed by atoms with Gasteiger partial charge in [0.1, 0.15) is 11.9 Å². The van der Waals surface area contributed by atoms with E-state index in [9.17, 15) is 14.3 Å². The van der Waals surface area contributed by atoms with Gasteiger partial charge < -0.3 is 10.0 Å². The number of nitrogens with zero attached hydrogens (tertiary/aromatic N) is 2. The second-order valence-electron chi connectivity index (χ2n) is 6.98. The van der Waals surface area contributed by atoms with E-state index in [2.05, 4.69) is 0 Å². The Kier molecular flexibility index (Phi) is 5.76. The molecule has 0 radical (unpaired) electrons. The predicted molar refractivity (Wildman–Crippen MR) is 88.5 cm³/mol. The Morgan fingerprint density at radius 3 is 2.26 bits per heavy atom. The summed E-state index contributed by atoms with van der Waals surface area (Å²) in [5.41, 5.74) is 0.613. The lowest BCUT2D eigenvalue weighted by Crippen LogP contribution is -2.44. The average Bonchev–Trinajstić information content (AvgIpc) is 2.98. The van der Waals surface area contributed by atoms with Crippen LogP contribution in [0.1, 0.15) is 37.3 Å². The summed E-state index contributed by atoms with van der Waals surface area (Å²) in [5, 5.41) is 9.75. The molecular weight excluding hydrogens is 295 g/mol. The summed E-state index contributed by atoms with van der Waals surface area (Å²) in [4.78, 5) is 16.5. The van der Waals surface area contributed by atoms with Crippen molar-refractivity contribution in [2.75, 3.05) is 34.3 Å². The topological polar surface area (TPSA) is 43.8 Å². The first kappa shape index (κ1) is 17.9. The van der Waals surface area contributed by atoms with E-state index in [1.165, 1.54) is 12.1 Å². The number of hydrogen-bond acceptors (Lipinski definition) is 3. The molecule has 0 aromatic heterocycles. The number of carbonyl (C=O) groups is 1. The van der Waals surface area contributed by atoms with Crippen LogP contribution < -0.4 is 0 Å². The molecule has 1 aliphatic carbocycles. The molecule has 5 heteroatoms. The molecule has 0 spiro atoms. The lowest BCUT2D eigenvalue weighted by molar-refractivity contribution is -0.137. The number of hydrogen-bond donors (Lipinski definition) is 1. The van der Waals surface area contributed by atoms with Gasteiger partial charge in [-0.15, -0.1) is 0 Å². The van der Waals surface area contributed by atoms with E-state index >= 15 is 0 Å². The minimum atomic E-state index is -0.447. The van der Waals surface area contributed by atoms with Gasteiger partial charge in [0.05, 0.1) is 6.61 Å². The van der Waals surface area contributed by atoms with Gasteiger partial charge in [0.2, 0.25) is 5.91 Å². The lowest BCUT2D eigenvalue weighted by Gasteiger charge is -2.35. The van der Waals surface area contributed by atoms with Crippen LogP contribution in [0.3, 0.4) is 0 Å². The maximum atomic E-state index is 13.1. The molecule has 23 heavy (non-hydrogen) atoms. The number of benzene rings is 1. The van der Waals surface area contributed by atoms with Gasteiger partial charge in [-0.05, 0) is 44.6 Å². The predicted octanol–water partition coefficient (Wildman–Crippen LogP) is 2.44. The molecule has 2 rings (SSSR count). The van der Waals surface area contributed by atoms with Gasteiger partial charge in [0.15, 0.2) is 0 Å². The molecule has 1 atom stereocenters. The van der Waals surface area contributed by atoms with Crippen molar-refractivity contribution in [1.29, 1.82) is 0 Å². The second-order valence-corrected chi connectivity index (χ2v) is 6.98. The molecule has 1 aromatic rings. The minimum Gasteiger partial charge on any atom is -0.396 e. The largest absolute Gasteiger partial charge is 0.396 e. The van der Waals surface area contributed by atoms with E-state index in [1.807, 2.05) is 19.0 Å². The zero-order chi connectivity index (χ0) is 17.0. The third-order valence-corrected chi connectivity index (χ3v) is 4.88. The first-order valence-corrected chi connectivity index (χ1v) is 8.16. The Labute approximate surface area is 137 Å². The van der Waals surface area contributed by atoms with Crippen molar-refractivity contribution in [1.82, 2.24) is 9.80 Å². The molecule has 0 heterocycles. The lowest BCUT2D eigenvalue weighted by atomic mass is 9.86. The molecule has 1 aromatic carbocycles. The van der Waals surface area contributed by atoms with E-state index < -0.39 is 6.04 Å². The minimum absolute atomic E-state index is 0.0265. The number of halogens is 1. The first-order valence-electron chi connectivity index (χ1n) is 8.16. The van der Waals surface area contributed by atoms with Gasteiger partial charge in [0, 0.05) is 19.0 Å². The summed E-state index contributed by atoms with van der Waals surface area (Å²) in [6, 6.07) is 5.63. The quantitative estimate of drug-likeness (QED) is 0.875. The Morgan fingerprint density at radius 1 is 1.22 bits per heavy atom. The Hall–Kier alpha value is -1.46. The Balaban J connectivity index is 2.15. The highest BCUT2D eigenvalue weighted by molar-refractivity contribution is 5.83. The van der Waals surface area contributed by atoms with Crippen LogP contribution in [-0.4, -0.2) is 55.1 Å². The van der Waals surface area contributed by atoms with Crippen LogP contribution in [0.4, 0.5) is 4.39 Å². The molecule has 0 aliphatic heterocycles. The second kappa shape index (κ2) is 7.41. The number of aliphatic hydroxyl groups excluding tert-OH is 1. The molecule has 1 aliphatic rings. The van der Waals surface area contributed by atoms with Crippen molar-refractivity contribution >= 4 is 5.91 Å². The number of rotatable bonds is 6. The summed E-state index contributed by atoms with van der Waals surface area (Å²) < 4.78 is 13.1. The fraction of sp³-hybridized carbons (Fsp3) is 0.611. The highest BCUT2D eigenvalue weighted by atomic mass is 19.1. The van der Waals surface area contributed by atoms with E-state index in [-0.39, 0.29) is 23.7 Å². The maximum Gasteiger partial charge on any atom is 0.244 e. The molecule has 1 amide bonds. The van der Waals surface area contributed by atoms with Crippen molar-refractivity contribution in [2.24, 2.45) is 5.41 Å². The van der Waals surface area contributed by atoms with Gasteiger partial charge >= 0.3 is 0 Å². The first-order chi connectivity index (χ1) is 10.9. The van der Waals surface area contributed by atoms with Gasteiger partial charge in [-0.3, -0.25) is 9.69 Å². The number of carbonyl (C=O) groups excluding carboxylic acids is 1. The van der Waals surface area contributed by atoms with Crippen molar-refractivity contribution < 1.29 is 14.3 Å². The summed E-state index contributed by atoms with van der Waals surface area (Å²) in [6.45, 7) is 0.682.